The van der Waals surface area contributed by atoms with E-state index in [0.29, 0.717) is 11.8 Å². The van der Waals surface area contributed by atoms with Crippen LogP contribution < -0.4 is 0 Å². The Morgan fingerprint density at radius 3 is 2.52 bits per heavy atom. The Labute approximate surface area is 145 Å². The fourth-order valence-electron chi connectivity index (χ4n) is 3.16. The van der Waals surface area contributed by atoms with Gasteiger partial charge in [-0.15, -0.1) is 11.8 Å². The fraction of sp³-hybridized carbons (Fsp3) is 0.400. The van der Waals surface area contributed by atoms with Crippen LogP contribution in [0.25, 0.3) is 5.03 Å². The van der Waals surface area contributed by atoms with Gasteiger partial charge in [0.1, 0.15) is 0 Å². The first-order valence-electron chi connectivity index (χ1n) is 8.50. The minimum absolute atomic E-state index is 0.500. The van der Waals surface area contributed by atoms with Crippen LogP contribution in [0, 0.1) is 5.92 Å². The summed E-state index contributed by atoms with van der Waals surface area (Å²) in [6.07, 6.45) is 5.89. The summed E-state index contributed by atoms with van der Waals surface area (Å²) in [6.45, 7) is 9.74. The van der Waals surface area contributed by atoms with Crippen LogP contribution in [0.15, 0.2) is 54.7 Å². The SMILES string of the molecule is C[C@H]1Cc2cccn2C(SC[Si](C)(C)C)=C[C@@H]1c1ccccc1. The van der Waals surface area contributed by atoms with Gasteiger partial charge in [-0.2, -0.15) is 0 Å². The third kappa shape index (κ3) is 4.02. The van der Waals surface area contributed by atoms with Crippen molar-refractivity contribution < 1.29 is 0 Å². The Balaban J connectivity index is 1.97. The molecule has 122 valence electrons. The second-order valence-electron chi connectivity index (χ2n) is 7.84. The Bertz CT molecular complexity index is 681. The fourth-order valence-corrected chi connectivity index (χ4v) is 6.04. The maximum absolute atomic E-state index is 2.52. The van der Waals surface area contributed by atoms with Crippen molar-refractivity contribution in [2.24, 2.45) is 5.92 Å². The molecule has 3 rings (SSSR count). The Morgan fingerprint density at radius 2 is 1.83 bits per heavy atom. The lowest BCUT2D eigenvalue weighted by Gasteiger charge is -2.20. The zero-order chi connectivity index (χ0) is 16.4. The Kier molecular flexibility index (Phi) is 4.88. The summed E-state index contributed by atoms with van der Waals surface area (Å²) < 4.78 is 2.42. The molecule has 23 heavy (non-hydrogen) atoms. The highest BCUT2D eigenvalue weighted by Gasteiger charge is 2.25. The van der Waals surface area contributed by atoms with Crippen LogP contribution in [0.3, 0.4) is 0 Å². The van der Waals surface area contributed by atoms with Crippen molar-refractivity contribution in [3.63, 3.8) is 0 Å². The second kappa shape index (κ2) is 6.74. The van der Waals surface area contributed by atoms with E-state index in [2.05, 4.69) is 97.6 Å². The monoisotopic (exact) mass is 341 g/mol. The van der Waals surface area contributed by atoms with Crippen molar-refractivity contribution in [3.05, 3.63) is 66.0 Å². The van der Waals surface area contributed by atoms with Crippen molar-refractivity contribution in [2.75, 3.05) is 5.38 Å². The highest BCUT2D eigenvalue weighted by molar-refractivity contribution is 8.09. The van der Waals surface area contributed by atoms with E-state index < -0.39 is 8.07 Å². The molecule has 0 N–H and O–H groups in total. The zero-order valence-electron chi connectivity index (χ0n) is 14.6. The third-order valence-electron chi connectivity index (χ3n) is 4.37. The van der Waals surface area contributed by atoms with Crippen LogP contribution in [-0.2, 0) is 6.42 Å². The zero-order valence-corrected chi connectivity index (χ0v) is 16.4. The standard InChI is InChI=1S/C20H27NSSi/c1-16-13-18-11-8-12-21(18)20(22-15-23(2,3)4)14-19(16)17-9-6-5-7-10-17/h5-12,14,16,19H,13,15H2,1-4H3/t16-,19-/m0/s1. The van der Waals surface area contributed by atoms with Crippen molar-refractivity contribution in [1.29, 1.82) is 0 Å². The predicted molar refractivity (Wildman–Crippen MR) is 107 cm³/mol. The van der Waals surface area contributed by atoms with E-state index >= 15 is 0 Å². The molecule has 0 bridgehead atoms. The Hall–Kier alpha value is -1.19. The van der Waals surface area contributed by atoms with Gasteiger partial charge in [-0.3, -0.25) is 0 Å². The molecule has 1 aromatic heterocycles. The molecule has 2 aromatic rings. The van der Waals surface area contributed by atoms with E-state index in [0.717, 1.165) is 6.42 Å². The number of aromatic nitrogens is 1. The molecule has 0 amide bonds. The van der Waals surface area contributed by atoms with Gasteiger partial charge in [-0.05, 0) is 41.5 Å². The number of hydrogen-bond acceptors (Lipinski definition) is 1. The predicted octanol–water partition coefficient (Wildman–Crippen LogP) is 5.87. The molecule has 1 aliphatic rings. The largest absolute Gasteiger partial charge is 0.316 e. The van der Waals surface area contributed by atoms with Crippen LogP contribution in [0.2, 0.25) is 19.6 Å². The molecular formula is C20H27NSSi. The van der Waals surface area contributed by atoms with Crippen LogP contribution >= 0.6 is 11.8 Å². The number of benzene rings is 1. The van der Waals surface area contributed by atoms with Crippen LogP contribution in [0.1, 0.15) is 24.1 Å². The summed E-state index contributed by atoms with van der Waals surface area (Å²) >= 11 is 2.05. The molecule has 0 saturated heterocycles. The van der Waals surface area contributed by atoms with Gasteiger partial charge < -0.3 is 4.57 Å². The summed E-state index contributed by atoms with van der Waals surface area (Å²) in [5.74, 6) is 1.12. The van der Waals surface area contributed by atoms with Gasteiger partial charge in [0.2, 0.25) is 0 Å². The summed E-state index contributed by atoms with van der Waals surface area (Å²) in [4.78, 5) is 0. The maximum atomic E-state index is 2.52. The Morgan fingerprint density at radius 1 is 1.09 bits per heavy atom. The van der Waals surface area contributed by atoms with Crippen LogP contribution in [-0.4, -0.2) is 18.0 Å². The number of allylic oxidation sites excluding steroid dienone is 1. The number of nitrogens with zero attached hydrogens (tertiary/aromatic N) is 1. The lowest BCUT2D eigenvalue weighted by Crippen LogP contribution is -2.24. The molecule has 2 heterocycles. The minimum Gasteiger partial charge on any atom is -0.316 e. The molecule has 3 heteroatoms. The van der Waals surface area contributed by atoms with E-state index in [9.17, 15) is 0 Å². The van der Waals surface area contributed by atoms with E-state index in [1.54, 1.807) is 0 Å². The van der Waals surface area contributed by atoms with E-state index in [-0.39, 0.29) is 0 Å². The number of fused-ring (bicyclic) bond motifs is 1. The average Bonchev–Trinajstić information content (AvgIpc) is 2.90. The quantitative estimate of drug-likeness (QED) is 0.629. The number of thioether (sulfide) groups is 1. The van der Waals surface area contributed by atoms with Gasteiger partial charge in [0.15, 0.2) is 0 Å². The molecule has 2 atom stereocenters. The normalized spacial score (nSPS) is 21.5. The van der Waals surface area contributed by atoms with Gasteiger partial charge in [-0.1, -0.05) is 56.9 Å². The molecule has 1 nitrogen and oxygen atoms in total. The van der Waals surface area contributed by atoms with Gasteiger partial charge in [0.25, 0.3) is 0 Å². The van der Waals surface area contributed by atoms with Crippen LogP contribution in [0.5, 0.6) is 0 Å². The van der Waals surface area contributed by atoms with E-state index in [1.165, 1.54) is 21.7 Å². The summed E-state index contributed by atoms with van der Waals surface area (Å²) in [6, 6.07) is 15.5. The van der Waals surface area contributed by atoms with Crippen LogP contribution in [0.4, 0.5) is 0 Å². The molecule has 0 spiro atoms. The molecule has 0 fully saturated rings. The molecular weight excluding hydrogens is 314 g/mol. The number of rotatable bonds is 4. The number of hydrogen-bond donors (Lipinski definition) is 0. The topological polar surface area (TPSA) is 4.93 Å². The van der Waals surface area contributed by atoms with Crippen molar-refractivity contribution >= 4 is 24.9 Å². The van der Waals surface area contributed by atoms with Crippen molar-refractivity contribution in [2.45, 2.75) is 38.9 Å². The summed E-state index contributed by atoms with van der Waals surface area (Å²) in [5.41, 5.74) is 2.89. The first-order valence-corrected chi connectivity index (χ1v) is 13.2. The first kappa shape index (κ1) is 16.7. The van der Waals surface area contributed by atoms with Gasteiger partial charge >= 0.3 is 0 Å². The highest BCUT2D eigenvalue weighted by Crippen LogP contribution is 2.38. The lowest BCUT2D eigenvalue weighted by molar-refractivity contribution is 0.521. The van der Waals surface area contributed by atoms with E-state index in [1.807, 2.05) is 0 Å². The average molecular weight is 342 g/mol. The minimum atomic E-state index is -1.07. The summed E-state index contributed by atoms with van der Waals surface area (Å²) in [5, 5.41) is 2.69. The van der Waals surface area contributed by atoms with E-state index in [4.69, 9.17) is 0 Å². The van der Waals surface area contributed by atoms with Gasteiger partial charge in [-0.25, -0.2) is 0 Å². The highest BCUT2D eigenvalue weighted by atomic mass is 32.2. The first-order chi connectivity index (χ1) is 10.9. The van der Waals surface area contributed by atoms with Gasteiger partial charge in [0, 0.05) is 17.8 Å². The van der Waals surface area contributed by atoms with Crippen molar-refractivity contribution in [1.82, 2.24) is 4.57 Å². The molecule has 0 aliphatic carbocycles. The maximum Gasteiger partial charge on any atom is 0.0753 e. The second-order valence-corrected chi connectivity index (χ2v) is 14.8. The van der Waals surface area contributed by atoms with Crippen molar-refractivity contribution in [3.8, 4) is 0 Å². The molecule has 0 saturated carbocycles. The molecule has 1 aromatic carbocycles. The third-order valence-corrected chi connectivity index (χ3v) is 9.04. The molecule has 1 aliphatic heterocycles. The van der Waals surface area contributed by atoms with Gasteiger partial charge in [0.05, 0.1) is 13.1 Å². The molecule has 0 unspecified atom stereocenters. The lowest BCUT2D eigenvalue weighted by atomic mass is 9.85. The summed E-state index contributed by atoms with van der Waals surface area (Å²) in [7, 11) is -1.07. The smallest absolute Gasteiger partial charge is 0.0753 e. The molecule has 0 radical (unpaired) electrons.